The second kappa shape index (κ2) is 9.71. The number of aryl methyl sites for hydroxylation is 1. The van der Waals surface area contributed by atoms with Crippen molar-refractivity contribution in [3.8, 4) is 0 Å². The molecule has 1 aliphatic rings. The van der Waals surface area contributed by atoms with Crippen LogP contribution < -0.4 is 15.5 Å². The van der Waals surface area contributed by atoms with E-state index in [0.717, 1.165) is 31.2 Å². The number of nitrogens with one attached hydrogen (secondary N) is 2. The Kier molecular flexibility index (Phi) is 7.61. The van der Waals surface area contributed by atoms with Gasteiger partial charge < -0.3 is 10.6 Å². The summed E-state index contributed by atoms with van der Waals surface area (Å²) in [5.41, 5.74) is 0.689. The van der Waals surface area contributed by atoms with Crippen molar-refractivity contribution < 1.29 is 14.4 Å². The van der Waals surface area contributed by atoms with Crippen LogP contribution in [0.4, 0.5) is 5.69 Å². The fourth-order valence-corrected chi connectivity index (χ4v) is 3.69. The van der Waals surface area contributed by atoms with E-state index in [1.54, 1.807) is 11.8 Å². The summed E-state index contributed by atoms with van der Waals surface area (Å²) in [6.07, 6.45) is 5.88. The van der Waals surface area contributed by atoms with E-state index in [0.29, 0.717) is 12.1 Å². The van der Waals surface area contributed by atoms with Crippen molar-refractivity contribution in [2.45, 2.75) is 77.8 Å². The van der Waals surface area contributed by atoms with E-state index in [2.05, 4.69) is 10.6 Å². The monoisotopic (exact) mass is 387 g/mol. The van der Waals surface area contributed by atoms with Gasteiger partial charge in [0.2, 0.25) is 17.7 Å². The fraction of sp³-hybridized carbons (Fsp3) is 0.591. The Morgan fingerprint density at radius 2 is 1.71 bits per heavy atom. The Morgan fingerprint density at radius 3 is 2.25 bits per heavy atom. The van der Waals surface area contributed by atoms with Gasteiger partial charge in [-0.05, 0) is 45.2 Å². The molecule has 0 aromatic heterocycles. The van der Waals surface area contributed by atoms with E-state index < -0.39 is 5.54 Å². The molecule has 6 heteroatoms. The summed E-state index contributed by atoms with van der Waals surface area (Å²) in [6.45, 7) is 6.92. The lowest BCUT2D eigenvalue weighted by Crippen LogP contribution is -2.62. The highest BCUT2D eigenvalue weighted by Crippen LogP contribution is 2.29. The van der Waals surface area contributed by atoms with Crippen molar-refractivity contribution in [2.75, 3.05) is 11.4 Å². The molecule has 0 aliphatic heterocycles. The van der Waals surface area contributed by atoms with Crippen molar-refractivity contribution in [3.05, 3.63) is 29.8 Å². The van der Waals surface area contributed by atoms with Crippen LogP contribution in [-0.4, -0.2) is 35.8 Å². The van der Waals surface area contributed by atoms with Crippen LogP contribution in [0.25, 0.3) is 0 Å². The normalized spacial score (nSPS) is 16.7. The highest BCUT2D eigenvalue weighted by atomic mass is 16.2. The van der Waals surface area contributed by atoms with Crippen molar-refractivity contribution in [3.63, 3.8) is 0 Å². The molecule has 154 valence electrons. The lowest BCUT2D eigenvalue weighted by Gasteiger charge is -2.41. The molecule has 28 heavy (non-hydrogen) atoms. The maximum atomic E-state index is 13.3. The van der Waals surface area contributed by atoms with Gasteiger partial charge in [-0.3, -0.25) is 19.3 Å². The number of anilines is 1. The molecular formula is C22H33N3O3. The van der Waals surface area contributed by atoms with Crippen LogP contribution in [0, 0.1) is 6.92 Å². The van der Waals surface area contributed by atoms with Crippen LogP contribution in [0.1, 0.15) is 64.9 Å². The number of carbonyl (C=O) groups is 3. The molecule has 1 saturated carbocycles. The van der Waals surface area contributed by atoms with Gasteiger partial charge in [0, 0.05) is 18.7 Å². The number of hydrogen-bond donors (Lipinski definition) is 2. The largest absolute Gasteiger partial charge is 0.351 e. The SMILES string of the molecule is CC[C@@](C)(C(=O)NC1CCCCC1)N(C(=O)CNC(C)=O)c1ccc(C)cc1. The van der Waals surface area contributed by atoms with Gasteiger partial charge in [0.15, 0.2) is 0 Å². The molecule has 6 nitrogen and oxygen atoms in total. The first-order valence-corrected chi connectivity index (χ1v) is 10.2. The van der Waals surface area contributed by atoms with Gasteiger partial charge in [-0.25, -0.2) is 0 Å². The Bertz CT molecular complexity index is 695. The highest BCUT2D eigenvalue weighted by molar-refractivity contribution is 6.04. The second-order valence-electron chi connectivity index (χ2n) is 7.91. The van der Waals surface area contributed by atoms with E-state index in [4.69, 9.17) is 0 Å². The summed E-state index contributed by atoms with van der Waals surface area (Å²) in [6, 6.07) is 7.70. The Labute approximate surface area is 168 Å². The van der Waals surface area contributed by atoms with E-state index in [1.807, 2.05) is 38.1 Å². The molecule has 3 amide bonds. The minimum atomic E-state index is -1.04. The Hall–Kier alpha value is -2.37. The number of amides is 3. The van der Waals surface area contributed by atoms with Crippen LogP contribution in [0.3, 0.4) is 0 Å². The van der Waals surface area contributed by atoms with Gasteiger partial charge in [-0.1, -0.05) is 43.9 Å². The first kappa shape index (κ1) is 21.9. The molecule has 1 atom stereocenters. The van der Waals surface area contributed by atoms with E-state index >= 15 is 0 Å². The minimum Gasteiger partial charge on any atom is -0.351 e. The van der Waals surface area contributed by atoms with Crippen molar-refractivity contribution in [2.24, 2.45) is 0 Å². The van der Waals surface area contributed by atoms with E-state index in [1.165, 1.54) is 13.3 Å². The first-order chi connectivity index (χ1) is 13.3. The van der Waals surface area contributed by atoms with Gasteiger partial charge in [-0.15, -0.1) is 0 Å². The zero-order valence-electron chi connectivity index (χ0n) is 17.5. The molecule has 1 aromatic rings. The van der Waals surface area contributed by atoms with Gasteiger partial charge in [0.1, 0.15) is 5.54 Å². The van der Waals surface area contributed by atoms with Gasteiger partial charge in [0.05, 0.1) is 6.54 Å². The molecular weight excluding hydrogens is 354 g/mol. The van der Waals surface area contributed by atoms with Crippen LogP contribution >= 0.6 is 0 Å². The average Bonchev–Trinajstić information content (AvgIpc) is 2.68. The Balaban J connectivity index is 2.32. The highest BCUT2D eigenvalue weighted by Gasteiger charge is 2.42. The van der Waals surface area contributed by atoms with Crippen LogP contribution in [0.5, 0.6) is 0 Å². The maximum absolute atomic E-state index is 13.3. The maximum Gasteiger partial charge on any atom is 0.247 e. The summed E-state index contributed by atoms with van der Waals surface area (Å²) in [5, 5.41) is 5.73. The first-order valence-electron chi connectivity index (χ1n) is 10.2. The van der Waals surface area contributed by atoms with E-state index in [-0.39, 0.29) is 30.3 Å². The summed E-state index contributed by atoms with van der Waals surface area (Å²) >= 11 is 0. The van der Waals surface area contributed by atoms with Crippen LogP contribution in [0.15, 0.2) is 24.3 Å². The average molecular weight is 388 g/mol. The molecule has 2 N–H and O–H groups in total. The smallest absolute Gasteiger partial charge is 0.247 e. The number of rotatable bonds is 7. The number of hydrogen-bond acceptors (Lipinski definition) is 3. The fourth-order valence-electron chi connectivity index (χ4n) is 3.69. The Morgan fingerprint density at radius 1 is 1.11 bits per heavy atom. The van der Waals surface area contributed by atoms with Crippen molar-refractivity contribution >= 4 is 23.4 Å². The zero-order chi connectivity index (χ0) is 20.7. The molecule has 1 aromatic carbocycles. The van der Waals surface area contributed by atoms with E-state index in [9.17, 15) is 14.4 Å². The predicted octanol–water partition coefficient (Wildman–Crippen LogP) is 3.08. The lowest BCUT2D eigenvalue weighted by atomic mass is 9.90. The molecule has 0 unspecified atom stereocenters. The second-order valence-corrected chi connectivity index (χ2v) is 7.91. The molecule has 1 aliphatic carbocycles. The third kappa shape index (κ3) is 5.33. The minimum absolute atomic E-state index is 0.140. The molecule has 2 rings (SSSR count). The summed E-state index contributed by atoms with van der Waals surface area (Å²) in [5.74, 6) is -0.720. The van der Waals surface area contributed by atoms with Gasteiger partial charge in [0.25, 0.3) is 0 Å². The molecule has 1 fully saturated rings. The lowest BCUT2D eigenvalue weighted by molar-refractivity contribution is -0.131. The summed E-state index contributed by atoms with van der Waals surface area (Å²) in [4.78, 5) is 39.2. The standard InChI is InChI=1S/C22H33N3O3/c1-5-22(4,21(28)24-18-9-7-6-8-10-18)25(20(27)15-23-17(3)26)19-13-11-16(2)12-14-19/h11-14,18H,5-10,15H2,1-4H3,(H,23,26)(H,24,28)/t22-/m0/s1. The zero-order valence-corrected chi connectivity index (χ0v) is 17.5. The third-order valence-corrected chi connectivity index (χ3v) is 5.64. The molecule has 0 bridgehead atoms. The summed E-state index contributed by atoms with van der Waals surface area (Å²) in [7, 11) is 0. The number of nitrogens with zero attached hydrogens (tertiary/aromatic N) is 1. The molecule has 0 heterocycles. The topological polar surface area (TPSA) is 78.5 Å². The van der Waals surface area contributed by atoms with Gasteiger partial charge >= 0.3 is 0 Å². The van der Waals surface area contributed by atoms with Crippen LogP contribution in [-0.2, 0) is 14.4 Å². The van der Waals surface area contributed by atoms with Gasteiger partial charge in [-0.2, -0.15) is 0 Å². The van der Waals surface area contributed by atoms with Crippen molar-refractivity contribution in [1.82, 2.24) is 10.6 Å². The molecule has 0 spiro atoms. The molecule has 0 saturated heterocycles. The molecule has 0 radical (unpaired) electrons. The van der Waals surface area contributed by atoms with Crippen LogP contribution in [0.2, 0.25) is 0 Å². The summed E-state index contributed by atoms with van der Waals surface area (Å²) < 4.78 is 0. The number of carbonyl (C=O) groups excluding carboxylic acids is 3. The third-order valence-electron chi connectivity index (χ3n) is 5.64. The predicted molar refractivity (Wildman–Crippen MR) is 111 cm³/mol. The number of benzene rings is 1. The quantitative estimate of drug-likeness (QED) is 0.755. The van der Waals surface area contributed by atoms with Crippen molar-refractivity contribution in [1.29, 1.82) is 0 Å².